The van der Waals surface area contributed by atoms with Gasteiger partial charge in [0.05, 0.1) is 19.7 Å². The maximum absolute atomic E-state index is 12.8. The van der Waals surface area contributed by atoms with Crippen molar-refractivity contribution in [1.29, 1.82) is 0 Å². The van der Waals surface area contributed by atoms with E-state index in [2.05, 4.69) is 5.32 Å². The van der Waals surface area contributed by atoms with Crippen molar-refractivity contribution in [2.45, 2.75) is 65.1 Å². The number of hydrogen-bond donors (Lipinski definition) is 1. The Morgan fingerprint density at radius 3 is 2.38 bits per heavy atom. The summed E-state index contributed by atoms with van der Waals surface area (Å²) in [4.78, 5) is 38.1. The van der Waals surface area contributed by atoms with E-state index in [1.807, 2.05) is 13.8 Å². The first-order valence-electron chi connectivity index (χ1n) is 8.40. The highest BCUT2D eigenvalue weighted by Crippen LogP contribution is 2.21. The zero-order valence-corrected chi connectivity index (χ0v) is 15.5. The van der Waals surface area contributed by atoms with Crippen LogP contribution in [0.5, 0.6) is 0 Å². The summed E-state index contributed by atoms with van der Waals surface area (Å²) in [5, 5.41) is 2.98. The van der Waals surface area contributed by atoms with E-state index in [0.717, 1.165) is 6.42 Å². The Kier molecular flexibility index (Phi) is 7.20. The van der Waals surface area contributed by atoms with Gasteiger partial charge in [-0.1, -0.05) is 13.8 Å². The van der Waals surface area contributed by atoms with Gasteiger partial charge in [-0.25, -0.2) is 4.79 Å². The zero-order chi connectivity index (χ0) is 18.5. The van der Waals surface area contributed by atoms with Gasteiger partial charge in [-0.05, 0) is 39.5 Å². The van der Waals surface area contributed by atoms with Crippen LogP contribution in [0, 0.1) is 5.92 Å². The number of nitrogens with zero attached hydrogens (tertiary/aromatic N) is 1. The van der Waals surface area contributed by atoms with Gasteiger partial charge in [-0.3, -0.25) is 14.9 Å². The summed E-state index contributed by atoms with van der Waals surface area (Å²) >= 11 is 0. The molecule has 0 aliphatic carbocycles. The molecule has 0 saturated carbocycles. The number of amides is 1. The van der Waals surface area contributed by atoms with E-state index in [1.165, 1.54) is 7.11 Å². The fourth-order valence-electron chi connectivity index (χ4n) is 2.77. The minimum absolute atomic E-state index is 0.0289. The summed E-state index contributed by atoms with van der Waals surface area (Å²) in [6, 6.07) is -1.09. The molecule has 7 nitrogen and oxygen atoms in total. The van der Waals surface area contributed by atoms with Crippen LogP contribution in [-0.2, 0) is 23.9 Å². The molecule has 0 aromatic carbocycles. The lowest BCUT2D eigenvalue weighted by atomic mass is 10.0. The lowest BCUT2D eigenvalue weighted by molar-refractivity contribution is -0.155. The maximum Gasteiger partial charge on any atom is 0.328 e. The molecule has 1 aliphatic rings. The van der Waals surface area contributed by atoms with E-state index >= 15 is 0 Å². The van der Waals surface area contributed by atoms with Gasteiger partial charge < -0.3 is 14.4 Å². The SMILES string of the molecule is COC(=O)C1CCCN1C(=O)C(NCC(=O)OC(C)(C)C)C(C)C. The smallest absolute Gasteiger partial charge is 0.328 e. The van der Waals surface area contributed by atoms with E-state index in [1.54, 1.807) is 25.7 Å². The van der Waals surface area contributed by atoms with E-state index in [-0.39, 0.29) is 18.4 Å². The molecule has 0 spiro atoms. The van der Waals surface area contributed by atoms with Crippen LogP contribution in [0.4, 0.5) is 0 Å². The number of carbonyl (C=O) groups is 3. The molecule has 1 aliphatic heterocycles. The van der Waals surface area contributed by atoms with Gasteiger partial charge in [0.1, 0.15) is 11.6 Å². The van der Waals surface area contributed by atoms with Crippen molar-refractivity contribution in [3.8, 4) is 0 Å². The molecule has 0 bridgehead atoms. The summed E-state index contributed by atoms with van der Waals surface area (Å²) in [7, 11) is 1.32. The van der Waals surface area contributed by atoms with Gasteiger partial charge in [-0.15, -0.1) is 0 Å². The Morgan fingerprint density at radius 1 is 1.25 bits per heavy atom. The van der Waals surface area contributed by atoms with Crippen molar-refractivity contribution in [2.24, 2.45) is 5.92 Å². The molecular formula is C17H30N2O5. The average molecular weight is 342 g/mol. The van der Waals surface area contributed by atoms with Crippen LogP contribution in [0.3, 0.4) is 0 Å². The number of ether oxygens (including phenoxy) is 2. The third-order valence-corrected chi connectivity index (χ3v) is 3.83. The Labute approximate surface area is 144 Å². The number of rotatable bonds is 6. The molecule has 24 heavy (non-hydrogen) atoms. The molecule has 1 amide bonds. The number of carbonyl (C=O) groups excluding carboxylic acids is 3. The van der Waals surface area contributed by atoms with Crippen molar-refractivity contribution >= 4 is 17.8 Å². The summed E-state index contributed by atoms with van der Waals surface area (Å²) < 4.78 is 10.0. The molecule has 138 valence electrons. The molecular weight excluding hydrogens is 312 g/mol. The van der Waals surface area contributed by atoms with E-state index in [4.69, 9.17) is 9.47 Å². The number of nitrogens with one attached hydrogen (secondary N) is 1. The molecule has 2 atom stereocenters. The van der Waals surface area contributed by atoms with Crippen LogP contribution in [0.25, 0.3) is 0 Å². The molecule has 1 rings (SSSR count). The van der Waals surface area contributed by atoms with Crippen molar-refractivity contribution in [3.05, 3.63) is 0 Å². The minimum Gasteiger partial charge on any atom is -0.467 e. The second-order valence-electron chi connectivity index (χ2n) is 7.40. The second kappa shape index (κ2) is 8.46. The van der Waals surface area contributed by atoms with E-state index in [9.17, 15) is 14.4 Å². The van der Waals surface area contributed by atoms with Crippen molar-refractivity contribution in [3.63, 3.8) is 0 Å². The number of methoxy groups -OCH3 is 1. The van der Waals surface area contributed by atoms with Crippen LogP contribution in [0.2, 0.25) is 0 Å². The summed E-state index contributed by atoms with van der Waals surface area (Å²) in [6.07, 6.45) is 1.37. The Bertz CT molecular complexity index is 470. The normalized spacial score (nSPS) is 19.3. The lowest BCUT2D eigenvalue weighted by Gasteiger charge is -2.30. The highest BCUT2D eigenvalue weighted by atomic mass is 16.6. The minimum atomic E-state index is -0.568. The maximum atomic E-state index is 12.8. The third kappa shape index (κ3) is 5.78. The van der Waals surface area contributed by atoms with Gasteiger partial charge in [0, 0.05) is 6.54 Å². The van der Waals surface area contributed by atoms with Crippen LogP contribution in [-0.4, -0.2) is 60.6 Å². The van der Waals surface area contributed by atoms with Gasteiger partial charge in [0.15, 0.2) is 0 Å². The number of hydrogen-bond acceptors (Lipinski definition) is 6. The molecule has 2 unspecified atom stereocenters. The molecule has 0 aromatic rings. The topological polar surface area (TPSA) is 84.9 Å². The third-order valence-electron chi connectivity index (χ3n) is 3.83. The Morgan fingerprint density at radius 2 is 1.88 bits per heavy atom. The van der Waals surface area contributed by atoms with Gasteiger partial charge in [0.25, 0.3) is 0 Å². The fourth-order valence-corrected chi connectivity index (χ4v) is 2.77. The second-order valence-corrected chi connectivity index (χ2v) is 7.40. The van der Waals surface area contributed by atoms with E-state index < -0.39 is 29.6 Å². The molecule has 1 saturated heterocycles. The first-order chi connectivity index (χ1) is 11.1. The van der Waals surface area contributed by atoms with Crippen LogP contribution in [0.1, 0.15) is 47.5 Å². The number of likely N-dealkylation sites (tertiary alicyclic amines) is 1. The molecule has 0 radical (unpaired) electrons. The lowest BCUT2D eigenvalue weighted by Crippen LogP contribution is -2.53. The zero-order valence-electron chi connectivity index (χ0n) is 15.5. The van der Waals surface area contributed by atoms with Crippen LogP contribution >= 0.6 is 0 Å². The summed E-state index contributed by atoms with van der Waals surface area (Å²) in [5.74, 6) is -1.01. The van der Waals surface area contributed by atoms with Gasteiger partial charge in [-0.2, -0.15) is 0 Å². The van der Waals surface area contributed by atoms with Crippen molar-refractivity contribution in [1.82, 2.24) is 10.2 Å². The highest BCUT2D eigenvalue weighted by Gasteiger charge is 2.38. The van der Waals surface area contributed by atoms with Gasteiger partial charge in [0.2, 0.25) is 5.91 Å². The molecule has 7 heteroatoms. The molecule has 1 N–H and O–H groups in total. The fraction of sp³-hybridized carbons (Fsp3) is 0.824. The molecule has 1 fully saturated rings. The first kappa shape index (κ1) is 20.4. The van der Waals surface area contributed by atoms with Crippen molar-refractivity contribution < 1.29 is 23.9 Å². The van der Waals surface area contributed by atoms with E-state index in [0.29, 0.717) is 13.0 Å². The number of esters is 2. The largest absolute Gasteiger partial charge is 0.467 e. The van der Waals surface area contributed by atoms with Crippen molar-refractivity contribution in [2.75, 3.05) is 20.2 Å². The Balaban J connectivity index is 2.72. The summed E-state index contributed by atoms with van der Waals surface area (Å²) in [6.45, 7) is 9.64. The first-order valence-corrected chi connectivity index (χ1v) is 8.40. The predicted molar refractivity (Wildman–Crippen MR) is 89.2 cm³/mol. The average Bonchev–Trinajstić information content (AvgIpc) is 2.93. The van der Waals surface area contributed by atoms with Gasteiger partial charge >= 0.3 is 11.9 Å². The highest BCUT2D eigenvalue weighted by molar-refractivity contribution is 5.88. The standard InChI is InChI=1S/C17H30N2O5/c1-11(2)14(18-10-13(20)24-17(3,4)5)15(21)19-9-7-8-12(19)16(22)23-6/h11-12,14,18H,7-10H2,1-6H3. The monoisotopic (exact) mass is 342 g/mol. The predicted octanol–water partition coefficient (Wildman–Crippen LogP) is 1.11. The Hall–Kier alpha value is -1.63. The van der Waals surface area contributed by atoms with Crippen LogP contribution < -0.4 is 5.32 Å². The molecule has 1 heterocycles. The summed E-state index contributed by atoms with van der Waals surface area (Å²) in [5.41, 5.74) is -0.568. The van der Waals surface area contributed by atoms with Crippen LogP contribution in [0.15, 0.2) is 0 Å². The quantitative estimate of drug-likeness (QED) is 0.728. The molecule has 0 aromatic heterocycles.